The van der Waals surface area contributed by atoms with Crippen molar-refractivity contribution in [3.05, 3.63) is 71.3 Å². The Hall–Kier alpha value is -2.70. The van der Waals surface area contributed by atoms with Crippen molar-refractivity contribution in [2.75, 3.05) is 20.2 Å². The first kappa shape index (κ1) is 20.6. The molecule has 0 amide bonds. The van der Waals surface area contributed by atoms with Gasteiger partial charge in [-0.2, -0.15) is 0 Å². The topological polar surface area (TPSA) is 87.1 Å². The van der Waals surface area contributed by atoms with Crippen molar-refractivity contribution in [3.8, 4) is 0 Å². The quantitative estimate of drug-likeness (QED) is 0.858. The highest BCUT2D eigenvalue weighted by atomic mass is 16.5. The Labute approximate surface area is 159 Å². The summed E-state index contributed by atoms with van der Waals surface area (Å²) in [6.45, 7) is 2.73. The lowest BCUT2D eigenvalue weighted by molar-refractivity contribution is -0.143. The number of carboxylic acids is 2. The van der Waals surface area contributed by atoms with Crippen LogP contribution in [0.5, 0.6) is 0 Å². The molecular formula is C21H25NO5. The second kappa shape index (κ2) is 10.4. The Bertz CT molecular complexity index is 733. The molecule has 27 heavy (non-hydrogen) atoms. The van der Waals surface area contributed by atoms with Crippen molar-refractivity contribution in [1.82, 2.24) is 4.90 Å². The van der Waals surface area contributed by atoms with Crippen LogP contribution in [0.25, 0.3) is 0 Å². The number of hydrogen-bond acceptors (Lipinski definition) is 4. The molecule has 0 radical (unpaired) electrons. The second-order valence-electron chi connectivity index (χ2n) is 6.39. The first-order valence-electron chi connectivity index (χ1n) is 8.84. The van der Waals surface area contributed by atoms with Gasteiger partial charge in [0.05, 0.1) is 19.4 Å². The minimum atomic E-state index is -1.08. The Morgan fingerprint density at radius 2 is 1.59 bits per heavy atom. The molecule has 2 N–H and O–H groups in total. The van der Waals surface area contributed by atoms with Gasteiger partial charge < -0.3 is 14.9 Å². The number of hydrogen-bond donors (Lipinski definition) is 2. The van der Waals surface area contributed by atoms with Crippen LogP contribution in [-0.2, 0) is 20.9 Å². The average Bonchev–Trinajstić information content (AvgIpc) is 2.64. The molecule has 0 aliphatic carbocycles. The van der Waals surface area contributed by atoms with E-state index in [4.69, 9.17) is 14.9 Å². The predicted octanol–water partition coefficient (Wildman–Crippen LogP) is 3.17. The molecule has 2 aromatic rings. The summed E-state index contributed by atoms with van der Waals surface area (Å²) in [4.78, 5) is 21.6. The standard InChI is InChI=1S/C17H19NO.C4H6O4/c1-18-11-12-19-17(14-7-3-2-4-8-14)16-10-6-5-9-15(16)13-18;5-3(6)1-2-4(7)8/h2-10,17H,11-13H2,1H3;1-2H2,(H,5,6)(H,7,8). The smallest absolute Gasteiger partial charge is 0.303 e. The lowest BCUT2D eigenvalue weighted by Gasteiger charge is -2.28. The number of carboxylic acid groups (broad SMARTS) is 2. The molecule has 144 valence electrons. The van der Waals surface area contributed by atoms with Crippen LogP contribution in [-0.4, -0.2) is 47.3 Å². The van der Waals surface area contributed by atoms with Gasteiger partial charge in [0, 0.05) is 13.1 Å². The zero-order chi connectivity index (χ0) is 19.6. The van der Waals surface area contributed by atoms with Gasteiger partial charge >= 0.3 is 11.9 Å². The van der Waals surface area contributed by atoms with Crippen LogP contribution in [0, 0.1) is 0 Å². The van der Waals surface area contributed by atoms with Gasteiger partial charge in [-0.25, -0.2) is 0 Å². The van der Waals surface area contributed by atoms with Crippen molar-refractivity contribution in [2.45, 2.75) is 25.5 Å². The Morgan fingerprint density at radius 3 is 2.22 bits per heavy atom. The first-order chi connectivity index (χ1) is 13.0. The summed E-state index contributed by atoms with van der Waals surface area (Å²) >= 11 is 0. The van der Waals surface area contributed by atoms with Gasteiger partial charge in [-0.3, -0.25) is 14.5 Å². The number of nitrogens with zero attached hydrogens (tertiary/aromatic N) is 1. The molecule has 6 nitrogen and oxygen atoms in total. The molecule has 0 bridgehead atoms. The third-order valence-electron chi connectivity index (χ3n) is 4.19. The first-order valence-corrected chi connectivity index (χ1v) is 8.84. The molecule has 1 aliphatic heterocycles. The van der Waals surface area contributed by atoms with Gasteiger partial charge in [-0.15, -0.1) is 0 Å². The molecule has 0 spiro atoms. The molecule has 0 aromatic heterocycles. The zero-order valence-corrected chi connectivity index (χ0v) is 15.4. The molecule has 6 heteroatoms. The summed E-state index contributed by atoms with van der Waals surface area (Å²) in [7, 11) is 2.14. The summed E-state index contributed by atoms with van der Waals surface area (Å²) < 4.78 is 6.12. The van der Waals surface area contributed by atoms with Crippen LogP contribution in [0.4, 0.5) is 0 Å². The third-order valence-corrected chi connectivity index (χ3v) is 4.19. The van der Waals surface area contributed by atoms with E-state index in [9.17, 15) is 9.59 Å². The van der Waals surface area contributed by atoms with Crippen LogP contribution in [0.1, 0.15) is 35.6 Å². The number of aliphatic carboxylic acids is 2. The fourth-order valence-corrected chi connectivity index (χ4v) is 2.84. The predicted molar refractivity (Wildman–Crippen MR) is 102 cm³/mol. The maximum Gasteiger partial charge on any atom is 0.303 e. The number of carbonyl (C=O) groups is 2. The lowest BCUT2D eigenvalue weighted by Crippen LogP contribution is -2.27. The van der Waals surface area contributed by atoms with Crippen molar-refractivity contribution >= 4 is 11.9 Å². The van der Waals surface area contributed by atoms with E-state index in [1.165, 1.54) is 16.7 Å². The Balaban J connectivity index is 0.000000279. The van der Waals surface area contributed by atoms with Crippen LogP contribution in [0.3, 0.4) is 0 Å². The molecule has 1 aliphatic rings. The van der Waals surface area contributed by atoms with Crippen LogP contribution < -0.4 is 0 Å². The molecule has 0 saturated heterocycles. The van der Waals surface area contributed by atoms with Crippen molar-refractivity contribution < 1.29 is 24.5 Å². The molecule has 3 rings (SSSR count). The van der Waals surface area contributed by atoms with Crippen molar-refractivity contribution in [1.29, 1.82) is 0 Å². The van der Waals surface area contributed by atoms with Crippen molar-refractivity contribution in [2.24, 2.45) is 0 Å². The number of benzene rings is 2. The van der Waals surface area contributed by atoms with E-state index in [0.717, 1.165) is 19.7 Å². The van der Waals surface area contributed by atoms with Crippen LogP contribution in [0.15, 0.2) is 54.6 Å². The Morgan fingerprint density at radius 1 is 1.00 bits per heavy atom. The highest BCUT2D eigenvalue weighted by molar-refractivity contribution is 5.75. The van der Waals surface area contributed by atoms with Gasteiger partial charge in [-0.1, -0.05) is 54.6 Å². The number of ether oxygens (including phenoxy) is 1. The SMILES string of the molecule is CN1CCOC(c2ccccc2)c2ccccc2C1.O=C(O)CCC(=O)O. The van der Waals surface area contributed by atoms with Gasteiger partial charge in [0.15, 0.2) is 0 Å². The summed E-state index contributed by atoms with van der Waals surface area (Å²) in [6.07, 6.45) is -0.531. The van der Waals surface area contributed by atoms with E-state index >= 15 is 0 Å². The van der Waals surface area contributed by atoms with E-state index in [0.29, 0.717) is 0 Å². The maximum absolute atomic E-state index is 9.64. The lowest BCUT2D eigenvalue weighted by atomic mass is 9.96. The minimum Gasteiger partial charge on any atom is -0.481 e. The van der Waals surface area contributed by atoms with Crippen LogP contribution >= 0.6 is 0 Å². The molecule has 2 aromatic carbocycles. The summed E-state index contributed by atoms with van der Waals surface area (Å²) in [6, 6.07) is 19.1. The summed E-state index contributed by atoms with van der Waals surface area (Å²) in [5.41, 5.74) is 3.89. The van der Waals surface area contributed by atoms with Crippen molar-refractivity contribution in [3.63, 3.8) is 0 Å². The molecule has 0 saturated carbocycles. The largest absolute Gasteiger partial charge is 0.481 e. The second-order valence-corrected chi connectivity index (χ2v) is 6.39. The van der Waals surface area contributed by atoms with Crippen LogP contribution in [0.2, 0.25) is 0 Å². The fourth-order valence-electron chi connectivity index (χ4n) is 2.84. The molecule has 1 heterocycles. The van der Waals surface area contributed by atoms with Gasteiger partial charge in [-0.05, 0) is 23.7 Å². The zero-order valence-electron chi connectivity index (χ0n) is 15.4. The van der Waals surface area contributed by atoms with Gasteiger partial charge in [0.25, 0.3) is 0 Å². The molecule has 1 unspecified atom stereocenters. The Kier molecular flexibility index (Phi) is 7.98. The third kappa shape index (κ3) is 6.84. The van der Waals surface area contributed by atoms with Gasteiger partial charge in [0.2, 0.25) is 0 Å². The highest BCUT2D eigenvalue weighted by Crippen LogP contribution is 2.30. The monoisotopic (exact) mass is 371 g/mol. The minimum absolute atomic E-state index is 0.0612. The van der Waals surface area contributed by atoms with E-state index < -0.39 is 11.9 Å². The fraction of sp³-hybridized carbons (Fsp3) is 0.333. The molecule has 1 atom stereocenters. The summed E-state index contributed by atoms with van der Waals surface area (Å²) in [5.74, 6) is -2.15. The highest BCUT2D eigenvalue weighted by Gasteiger charge is 2.20. The number of likely N-dealkylation sites (N-methyl/N-ethyl adjacent to an activating group) is 1. The molecule has 0 fully saturated rings. The number of rotatable bonds is 4. The summed E-state index contributed by atoms with van der Waals surface area (Å²) in [5, 5.41) is 15.8. The van der Waals surface area contributed by atoms with E-state index in [1.54, 1.807) is 0 Å². The van der Waals surface area contributed by atoms with E-state index in [-0.39, 0.29) is 18.9 Å². The normalized spacial score (nSPS) is 16.9. The van der Waals surface area contributed by atoms with Gasteiger partial charge in [0.1, 0.15) is 6.10 Å². The average molecular weight is 371 g/mol. The van der Waals surface area contributed by atoms with E-state index in [1.807, 2.05) is 6.07 Å². The number of fused-ring (bicyclic) bond motifs is 1. The van der Waals surface area contributed by atoms with E-state index in [2.05, 4.69) is 60.5 Å². The maximum atomic E-state index is 9.64. The molecular weight excluding hydrogens is 346 g/mol.